The number of carboxylic acid groups (broad SMARTS) is 1. The summed E-state index contributed by atoms with van der Waals surface area (Å²) in [7, 11) is 0. The Kier molecular flexibility index (Phi) is 12.7. The number of nitrogens with one attached hydrogen (secondary N) is 4. The van der Waals surface area contributed by atoms with E-state index >= 15 is 0 Å². The normalized spacial score (nSPS) is 13.2. The summed E-state index contributed by atoms with van der Waals surface area (Å²) >= 11 is 0. The predicted octanol–water partition coefficient (Wildman–Crippen LogP) is -1.61. The number of para-hydroxylation sites is 1. The monoisotopic (exact) mass is 545 g/mol. The SMILES string of the molecule is NCCCCC(NC(=O)C(Cc1c[nH]c2ccccc12)NC(=O)C(CCCN=C(N)N)NC(=O)CN)C(=O)O. The molecule has 0 aliphatic rings. The predicted molar refractivity (Wildman–Crippen MR) is 147 cm³/mol. The summed E-state index contributed by atoms with van der Waals surface area (Å²) in [5, 5.41) is 18.3. The molecule has 1 heterocycles. The Morgan fingerprint density at radius 1 is 0.897 bits per heavy atom. The maximum absolute atomic E-state index is 13.3. The van der Waals surface area contributed by atoms with Crippen LogP contribution in [0, 0.1) is 0 Å². The molecule has 0 radical (unpaired) electrons. The van der Waals surface area contributed by atoms with E-state index in [0.717, 1.165) is 16.5 Å². The smallest absolute Gasteiger partial charge is 0.326 e. The van der Waals surface area contributed by atoms with Crippen LogP contribution in [0.2, 0.25) is 0 Å². The van der Waals surface area contributed by atoms with Gasteiger partial charge in [-0.15, -0.1) is 0 Å². The molecule has 3 atom stereocenters. The molecular weight excluding hydrogens is 506 g/mol. The Morgan fingerprint density at radius 3 is 2.23 bits per heavy atom. The van der Waals surface area contributed by atoms with Gasteiger partial charge in [-0.05, 0) is 50.3 Å². The molecule has 3 amide bonds. The number of carboxylic acids is 1. The van der Waals surface area contributed by atoms with E-state index in [-0.39, 0.29) is 38.3 Å². The lowest BCUT2D eigenvalue weighted by atomic mass is 10.0. The molecule has 2 rings (SSSR count). The summed E-state index contributed by atoms with van der Waals surface area (Å²) < 4.78 is 0. The number of H-pyrrole nitrogens is 1. The number of amides is 3. The molecule has 13 N–H and O–H groups in total. The Labute approximate surface area is 226 Å². The van der Waals surface area contributed by atoms with Crippen LogP contribution in [0.25, 0.3) is 10.9 Å². The molecule has 39 heavy (non-hydrogen) atoms. The van der Waals surface area contributed by atoms with Crippen molar-refractivity contribution in [3.63, 3.8) is 0 Å². The number of aromatic amines is 1. The summed E-state index contributed by atoms with van der Waals surface area (Å²) in [5.41, 5.74) is 23.2. The molecule has 14 nitrogen and oxygen atoms in total. The van der Waals surface area contributed by atoms with Crippen molar-refractivity contribution in [3.05, 3.63) is 36.0 Å². The van der Waals surface area contributed by atoms with Gasteiger partial charge in [-0.2, -0.15) is 0 Å². The van der Waals surface area contributed by atoms with Crippen molar-refractivity contribution in [1.29, 1.82) is 0 Å². The first-order valence-electron chi connectivity index (χ1n) is 12.8. The Hall–Kier alpha value is -4.17. The van der Waals surface area contributed by atoms with Crippen molar-refractivity contribution < 1.29 is 24.3 Å². The number of unbranched alkanes of at least 4 members (excludes halogenated alkanes) is 1. The molecule has 0 spiro atoms. The number of benzene rings is 1. The molecule has 0 bridgehead atoms. The van der Waals surface area contributed by atoms with Crippen LogP contribution in [0.1, 0.15) is 37.7 Å². The van der Waals surface area contributed by atoms with Crippen molar-refractivity contribution in [2.45, 2.75) is 56.7 Å². The van der Waals surface area contributed by atoms with Gasteiger partial charge in [0.1, 0.15) is 18.1 Å². The van der Waals surface area contributed by atoms with Crippen LogP contribution in [-0.4, -0.2) is 77.5 Å². The number of aliphatic imine (C=N–C) groups is 1. The maximum atomic E-state index is 13.3. The summed E-state index contributed by atoms with van der Waals surface area (Å²) in [4.78, 5) is 57.4. The van der Waals surface area contributed by atoms with Crippen molar-refractivity contribution in [1.82, 2.24) is 20.9 Å². The van der Waals surface area contributed by atoms with Gasteiger partial charge < -0.3 is 49.0 Å². The lowest BCUT2D eigenvalue weighted by molar-refractivity contribution is -0.142. The second kappa shape index (κ2) is 15.9. The van der Waals surface area contributed by atoms with Crippen molar-refractivity contribution in [2.24, 2.45) is 27.9 Å². The van der Waals surface area contributed by atoms with E-state index in [0.29, 0.717) is 25.8 Å². The van der Waals surface area contributed by atoms with E-state index in [2.05, 4.69) is 25.9 Å². The van der Waals surface area contributed by atoms with Crippen LogP contribution in [0.5, 0.6) is 0 Å². The quantitative estimate of drug-likeness (QED) is 0.0628. The van der Waals surface area contributed by atoms with Crippen LogP contribution in [-0.2, 0) is 25.6 Å². The maximum Gasteiger partial charge on any atom is 0.326 e. The van der Waals surface area contributed by atoms with Gasteiger partial charge in [0, 0.05) is 30.1 Å². The number of carbonyl (C=O) groups excluding carboxylic acids is 3. The van der Waals surface area contributed by atoms with Crippen LogP contribution in [0.4, 0.5) is 0 Å². The van der Waals surface area contributed by atoms with Gasteiger partial charge in [-0.1, -0.05) is 18.2 Å². The van der Waals surface area contributed by atoms with E-state index in [9.17, 15) is 24.3 Å². The minimum atomic E-state index is -1.19. The number of carbonyl (C=O) groups is 4. The van der Waals surface area contributed by atoms with E-state index in [4.69, 9.17) is 22.9 Å². The summed E-state index contributed by atoms with van der Waals surface area (Å²) in [6.07, 6.45) is 3.65. The molecule has 0 fully saturated rings. The van der Waals surface area contributed by atoms with Crippen LogP contribution >= 0.6 is 0 Å². The zero-order valence-corrected chi connectivity index (χ0v) is 21.8. The highest BCUT2D eigenvalue weighted by molar-refractivity contribution is 5.94. The highest BCUT2D eigenvalue weighted by atomic mass is 16.4. The van der Waals surface area contributed by atoms with Crippen LogP contribution in [0.15, 0.2) is 35.5 Å². The first-order valence-corrected chi connectivity index (χ1v) is 12.8. The van der Waals surface area contributed by atoms with Gasteiger partial charge in [0.05, 0.1) is 6.54 Å². The largest absolute Gasteiger partial charge is 0.480 e. The number of hydrogen-bond donors (Lipinski definition) is 9. The number of aromatic nitrogens is 1. The molecule has 3 unspecified atom stereocenters. The van der Waals surface area contributed by atoms with Crippen molar-refractivity contribution in [3.8, 4) is 0 Å². The number of fused-ring (bicyclic) bond motifs is 1. The third-order valence-corrected chi connectivity index (χ3v) is 6.08. The highest BCUT2D eigenvalue weighted by Gasteiger charge is 2.30. The lowest BCUT2D eigenvalue weighted by Crippen LogP contribution is -2.56. The first-order chi connectivity index (χ1) is 18.7. The molecule has 0 saturated carbocycles. The minimum Gasteiger partial charge on any atom is -0.480 e. The standard InChI is InChI=1S/C25H39N9O5/c26-10-4-3-8-19(24(38)39)33-23(37)20(12-15-14-31-17-7-2-1-6-16(15)17)34-22(36)18(32-21(35)13-27)9-5-11-30-25(28)29/h1-2,6-7,14,18-20,31H,3-5,8-13,26-27H2,(H,32,35)(H,33,37)(H,34,36)(H,38,39)(H4,28,29,30). The number of hydrogen-bond acceptors (Lipinski definition) is 7. The van der Waals surface area contributed by atoms with Crippen molar-refractivity contribution in [2.75, 3.05) is 19.6 Å². The van der Waals surface area contributed by atoms with E-state index < -0.39 is 41.8 Å². The molecule has 1 aromatic carbocycles. The molecule has 214 valence electrons. The van der Waals surface area contributed by atoms with Gasteiger partial charge in [0.15, 0.2) is 5.96 Å². The topological polar surface area (TPSA) is 257 Å². The van der Waals surface area contributed by atoms with Gasteiger partial charge in [-0.3, -0.25) is 19.4 Å². The zero-order valence-electron chi connectivity index (χ0n) is 21.8. The number of nitrogens with two attached hydrogens (primary N) is 4. The summed E-state index contributed by atoms with van der Waals surface area (Å²) in [6, 6.07) is 4.15. The van der Waals surface area contributed by atoms with E-state index in [1.54, 1.807) is 6.20 Å². The van der Waals surface area contributed by atoms with E-state index in [1.807, 2.05) is 24.3 Å². The van der Waals surface area contributed by atoms with Gasteiger partial charge >= 0.3 is 5.97 Å². The summed E-state index contributed by atoms with van der Waals surface area (Å²) in [6.45, 7) is 0.297. The van der Waals surface area contributed by atoms with Crippen LogP contribution < -0.4 is 38.9 Å². The lowest BCUT2D eigenvalue weighted by Gasteiger charge is -2.24. The molecule has 1 aromatic heterocycles. The second-order valence-corrected chi connectivity index (χ2v) is 9.08. The zero-order chi connectivity index (χ0) is 28.8. The Morgan fingerprint density at radius 2 is 1.56 bits per heavy atom. The molecule has 0 aliphatic heterocycles. The fraction of sp³-hybridized carbons (Fsp3) is 0.480. The number of guanidine groups is 1. The molecular formula is C25H39N9O5. The highest BCUT2D eigenvalue weighted by Crippen LogP contribution is 2.19. The Bertz CT molecular complexity index is 1150. The summed E-state index contributed by atoms with van der Waals surface area (Å²) in [5.74, 6) is -3.14. The molecule has 2 aromatic rings. The fourth-order valence-corrected chi connectivity index (χ4v) is 4.05. The molecule has 0 aliphatic carbocycles. The van der Waals surface area contributed by atoms with Gasteiger partial charge in [0.25, 0.3) is 0 Å². The average Bonchev–Trinajstić information content (AvgIpc) is 3.31. The number of rotatable bonds is 17. The first kappa shape index (κ1) is 31.1. The fourth-order valence-electron chi connectivity index (χ4n) is 4.05. The minimum absolute atomic E-state index is 0.0717. The van der Waals surface area contributed by atoms with Gasteiger partial charge in [0.2, 0.25) is 17.7 Å². The molecule has 0 saturated heterocycles. The molecule has 14 heteroatoms. The average molecular weight is 546 g/mol. The van der Waals surface area contributed by atoms with Crippen molar-refractivity contribution >= 4 is 40.6 Å². The van der Waals surface area contributed by atoms with Gasteiger partial charge in [-0.25, -0.2) is 4.79 Å². The second-order valence-electron chi connectivity index (χ2n) is 9.08. The van der Waals surface area contributed by atoms with Crippen LogP contribution in [0.3, 0.4) is 0 Å². The third kappa shape index (κ3) is 10.2. The number of nitrogens with zero attached hydrogens (tertiary/aromatic N) is 1. The number of aliphatic carboxylic acids is 1. The van der Waals surface area contributed by atoms with E-state index in [1.165, 1.54) is 0 Å². The third-order valence-electron chi connectivity index (χ3n) is 6.08. The Balaban J connectivity index is 2.27.